The minimum Gasteiger partial charge on any atom is -0.365 e. The summed E-state index contributed by atoms with van der Waals surface area (Å²) in [5.74, 6) is 1.02. The molecule has 0 bridgehead atoms. The van der Waals surface area contributed by atoms with Crippen molar-refractivity contribution in [2.75, 3.05) is 11.9 Å². The lowest BCUT2D eigenvalue weighted by molar-refractivity contribution is -0.122. The molecule has 0 saturated carbocycles. The van der Waals surface area contributed by atoms with Gasteiger partial charge in [-0.05, 0) is 25.8 Å². The molecule has 0 aromatic carbocycles. The summed E-state index contributed by atoms with van der Waals surface area (Å²) in [6, 6.07) is 0.246. The van der Waals surface area contributed by atoms with Crippen molar-refractivity contribution in [2.45, 2.75) is 32.7 Å². The largest absolute Gasteiger partial charge is 0.365 e. The van der Waals surface area contributed by atoms with Crippen molar-refractivity contribution < 1.29 is 4.79 Å². The Labute approximate surface area is 115 Å². The fourth-order valence-corrected chi connectivity index (χ4v) is 3.34. The van der Waals surface area contributed by atoms with Crippen LogP contribution in [0.4, 0.5) is 5.82 Å². The average Bonchev–Trinajstić information content (AvgIpc) is 2.69. The molecule has 1 amide bonds. The number of hydrogen-bond acceptors (Lipinski definition) is 5. The van der Waals surface area contributed by atoms with E-state index in [-0.39, 0.29) is 11.9 Å². The number of hydrogen-bond donors (Lipinski definition) is 2. The van der Waals surface area contributed by atoms with Gasteiger partial charge in [-0.25, -0.2) is 9.97 Å². The van der Waals surface area contributed by atoms with Gasteiger partial charge in [0.1, 0.15) is 17.0 Å². The van der Waals surface area contributed by atoms with Crippen LogP contribution < -0.4 is 10.6 Å². The zero-order valence-corrected chi connectivity index (χ0v) is 11.8. The molecule has 1 saturated heterocycles. The maximum atomic E-state index is 11.2. The van der Waals surface area contributed by atoms with Gasteiger partial charge in [-0.1, -0.05) is 0 Å². The lowest BCUT2D eigenvalue weighted by atomic mass is 10.1. The lowest BCUT2D eigenvalue weighted by Crippen LogP contribution is -2.42. The van der Waals surface area contributed by atoms with Gasteiger partial charge in [0.05, 0.1) is 5.39 Å². The SMILES string of the molecule is Cc1sc2ncnc(NC3CCC(=O)NC3)c2c1C. The number of nitrogens with zero attached hydrogens (tertiary/aromatic N) is 2. The Morgan fingerprint density at radius 2 is 2.26 bits per heavy atom. The number of carbonyl (C=O) groups is 1. The van der Waals surface area contributed by atoms with Crippen LogP contribution >= 0.6 is 11.3 Å². The first-order valence-corrected chi connectivity index (χ1v) is 7.20. The number of aryl methyl sites for hydroxylation is 2. The van der Waals surface area contributed by atoms with E-state index >= 15 is 0 Å². The number of carbonyl (C=O) groups excluding carboxylic acids is 1. The third-order valence-corrected chi connectivity index (χ3v) is 4.69. The molecule has 19 heavy (non-hydrogen) atoms. The van der Waals surface area contributed by atoms with Crippen LogP contribution in [-0.4, -0.2) is 28.5 Å². The summed E-state index contributed by atoms with van der Waals surface area (Å²) < 4.78 is 0. The summed E-state index contributed by atoms with van der Waals surface area (Å²) in [6.45, 7) is 4.87. The molecule has 100 valence electrons. The van der Waals surface area contributed by atoms with Gasteiger partial charge in [0.15, 0.2) is 0 Å². The molecule has 1 atom stereocenters. The second-order valence-electron chi connectivity index (χ2n) is 4.87. The van der Waals surface area contributed by atoms with Crippen molar-refractivity contribution in [3.8, 4) is 0 Å². The predicted molar refractivity (Wildman–Crippen MR) is 76.5 cm³/mol. The fraction of sp³-hybridized carbons (Fsp3) is 0.462. The van der Waals surface area contributed by atoms with Gasteiger partial charge in [-0.2, -0.15) is 0 Å². The molecule has 0 spiro atoms. The van der Waals surface area contributed by atoms with Crippen molar-refractivity contribution in [2.24, 2.45) is 0 Å². The Hall–Kier alpha value is -1.69. The molecule has 2 aromatic heterocycles. The number of thiophene rings is 1. The Bertz CT molecular complexity index is 627. The number of fused-ring (bicyclic) bond motifs is 1. The van der Waals surface area contributed by atoms with Crippen LogP contribution in [0.2, 0.25) is 0 Å². The second kappa shape index (κ2) is 4.77. The molecule has 3 heterocycles. The zero-order chi connectivity index (χ0) is 13.4. The van der Waals surface area contributed by atoms with E-state index in [4.69, 9.17) is 0 Å². The molecule has 2 aromatic rings. The van der Waals surface area contributed by atoms with E-state index in [1.807, 2.05) is 0 Å². The van der Waals surface area contributed by atoms with Crippen molar-refractivity contribution in [3.05, 3.63) is 16.8 Å². The molecule has 1 aliphatic heterocycles. The van der Waals surface area contributed by atoms with E-state index in [1.54, 1.807) is 17.7 Å². The monoisotopic (exact) mass is 276 g/mol. The molecular weight excluding hydrogens is 260 g/mol. The number of nitrogens with one attached hydrogen (secondary N) is 2. The van der Waals surface area contributed by atoms with Crippen molar-refractivity contribution in [1.82, 2.24) is 15.3 Å². The highest BCUT2D eigenvalue weighted by atomic mass is 32.1. The van der Waals surface area contributed by atoms with Crippen molar-refractivity contribution in [1.29, 1.82) is 0 Å². The first-order valence-electron chi connectivity index (χ1n) is 6.39. The lowest BCUT2D eigenvalue weighted by Gasteiger charge is -2.24. The second-order valence-corrected chi connectivity index (χ2v) is 6.07. The molecule has 2 N–H and O–H groups in total. The van der Waals surface area contributed by atoms with Crippen LogP contribution in [0.1, 0.15) is 23.3 Å². The summed E-state index contributed by atoms with van der Waals surface area (Å²) in [7, 11) is 0. The fourth-order valence-electron chi connectivity index (χ4n) is 2.34. The zero-order valence-electron chi connectivity index (χ0n) is 11.0. The highest BCUT2D eigenvalue weighted by Crippen LogP contribution is 2.32. The molecule has 0 radical (unpaired) electrons. The third-order valence-electron chi connectivity index (χ3n) is 3.57. The van der Waals surface area contributed by atoms with Crippen LogP contribution in [0.3, 0.4) is 0 Å². The van der Waals surface area contributed by atoms with Crippen molar-refractivity contribution >= 4 is 33.3 Å². The summed E-state index contributed by atoms with van der Waals surface area (Å²) in [4.78, 5) is 22.2. The van der Waals surface area contributed by atoms with E-state index in [9.17, 15) is 4.79 Å². The summed E-state index contributed by atoms with van der Waals surface area (Å²) in [5, 5.41) is 7.43. The summed E-state index contributed by atoms with van der Waals surface area (Å²) >= 11 is 1.69. The molecule has 0 aliphatic carbocycles. The number of piperidine rings is 1. The van der Waals surface area contributed by atoms with Gasteiger partial charge in [-0.15, -0.1) is 11.3 Å². The maximum absolute atomic E-state index is 11.2. The van der Waals surface area contributed by atoms with Gasteiger partial charge in [-0.3, -0.25) is 4.79 Å². The maximum Gasteiger partial charge on any atom is 0.220 e. The molecular formula is C13H16N4OS. The van der Waals surface area contributed by atoms with E-state index < -0.39 is 0 Å². The normalized spacial score (nSPS) is 19.5. The van der Waals surface area contributed by atoms with Gasteiger partial charge in [0.2, 0.25) is 5.91 Å². The minimum atomic E-state index is 0.133. The van der Waals surface area contributed by atoms with Gasteiger partial charge < -0.3 is 10.6 Å². The Morgan fingerprint density at radius 1 is 1.42 bits per heavy atom. The van der Waals surface area contributed by atoms with E-state index in [0.717, 1.165) is 22.5 Å². The van der Waals surface area contributed by atoms with Gasteiger partial charge >= 0.3 is 0 Å². The molecule has 1 unspecified atom stereocenters. The first kappa shape index (κ1) is 12.3. The Balaban J connectivity index is 1.90. The predicted octanol–water partition coefficient (Wildman–Crippen LogP) is 2.00. The van der Waals surface area contributed by atoms with Gasteiger partial charge in [0, 0.05) is 23.9 Å². The molecule has 1 fully saturated rings. The van der Waals surface area contributed by atoms with Gasteiger partial charge in [0.25, 0.3) is 0 Å². The minimum absolute atomic E-state index is 0.133. The van der Waals surface area contributed by atoms with E-state index in [1.165, 1.54) is 10.4 Å². The Kier molecular flexibility index (Phi) is 3.10. The topological polar surface area (TPSA) is 66.9 Å². The smallest absolute Gasteiger partial charge is 0.220 e. The highest BCUT2D eigenvalue weighted by Gasteiger charge is 2.20. The van der Waals surface area contributed by atoms with Crippen molar-refractivity contribution in [3.63, 3.8) is 0 Å². The van der Waals surface area contributed by atoms with Crippen LogP contribution in [0, 0.1) is 13.8 Å². The number of amides is 1. The van der Waals surface area contributed by atoms with Crippen LogP contribution in [0.5, 0.6) is 0 Å². The van der Waals surface area contributed by atoms with Crippen LogP contribution in [0.15, 0.2) is 6.33 Å². The molecule has 5 nitrogen and oxygen atoms in total. The first-order chi connectivity index (χ1) is 9.15. The third kappa shape index (κ3) is 2.28. The summed E-state index contributed by atoms with van der Waals surface area (Å²) in [5.41, 5.74) is 1.24. The summed E-state index contributed by atoms with van der Waals surface area (Å²) in [6.07, 6.45) is 3.02. The quantitative estimate of drug-likeness (QED) is 0.880. The average molecular weight is 276 g/mol. The number of rotatable bonds is 2. The molecule has 3 rings (SSSR count). The Morgan fingerprint density at radius 3 is 3.00 bits per heavy atom. The molecule has 1 aliphatic rings. The van der Waals surface area contributed by atoms with E-state index in [2.05, 4.69) is 34.4 Å². The molecule has 6 heteroatoms. The van der Waals surface area contributed by atoms with Crippen LogP contribution in [-0.2, 0) is 4.79 Å². The van der Waals surface area contributed by atoms with Crippen LogP contribution in [0.25, 0.3) is 10.2 Å². The number of aromatic nitrogens is 2. The van der Waals surface area contributed by atoms with E-state index in [0.29, 0.717) is 13.0 Å². The number of anilines is 1. The standard InChI is InChI=1S/C13H16N4OS/c1-7-8(2)19-13-11(7)12(15-6-16-13)17-9-3-4-10(18)14-5-9/h6,9H,3-5H2,1-2H3,(H,14,18)(H,15,16,17). The highest BCUT2D eigenvalue weighted by molar-refractivity contribution is 7.18.